The van der Waals surface area contributed by atoms with Crippen molar-refractivity contribution in [1.29, 1.82) is 0 Å². The van der Waals surface area contributed by atoms with Crippen molar-refractivity contribution in [2.45, 2.75) is 12.5 Å². The molecule has 2 aliphatic rings. The van der Waals surface area contributed by atoms with E-state index in [1.165, 1.54) is 0 Å². The lowest BCUT2D eigenvalue weighted by molar-refractivity contribution is 0.0705. The highest BCUT2D eigenvalue weighted by atomic mass is 35.5. The molecule has 2 atom stereocenters. The molecule has 4 nitrogen and oxygen atoms in total. The topological polar surface area (TPSA) is 45.5 Å². The first-order valence-electron chi connectivity index (χ1n) is 5.53. The standard InChI is InChI=1S/C11H13ClN2O2/c12-10-2-1-9(16-10)11(15)14-4-3-7-5-13-6-8(7)14/h1-2,7-8,13H,3-6H2/t7-,8+/m0/s1. The number of fused-ring (bicyclic) bond motifs is 1. The normalized spacial score (nSPS) is 28.4. The van der Waals surface area contributed by atoms with Gasteiger partial charge in [-0.25, -0.2) is 0 Å². The molecule has 2 aliphatic heterocycles. The maximum Gasteiger partial charge on any atom is 0.289 e. The van der Waals surface area contributed by atoms with Crippen LogP contribution in [0.5, 0.6) is 0 Å². The molecule has 1 aromatic heterocycles. The smallest absolute Gasteiger partial charge is 0.289 e. The zero-order valence-electron chi connectivity index (χ0n) is 8.78. The summed E-state index contributed by atoms with van der Waals surface area (Å²) in [6.07, 6.45) is 1.08. The molecule has 0 bridgehead atoms. The molecule has 1 aromatic rings. The van der Waals surface area contributed by atoms with E-state index in [0.717, 1.165) is 26.1 Å². The van der Waals surface area contributed by atoms with E-state index in [9.17, 15) is 4.79 Å². The monoisotopic (exact) mass is 240 g/mol. The van der Waals surface area contributed by atoms with E-state index in [-0.39, 0.29) is 11.1 Å². The summed E-state index contributed by atoms with van der Waals surface area (Å²) < 4.78 is 5.16. The van der Waals surface area contributed by atoms with Gasteiger partial charge in [-0.15, -0.1) is 0 Å². The molecular weight excluding hydrogens is 228 g/mol. The average molecular weight is 241 g/mol. The lowest BCUT2D eigenvalue weighted by Crippen LogP contribution is -2.38. The predicted molar refractivity (Wildman–Crippen MR) is 59.5 cm³/mol. The van der Waals surface area contributed by atoms with Gasteiger partial charge in [0.05, 0.1) is 0 Å². The largest absolute Gasteiger partial charge is 0.440 e. The van der Waals surface area contributed by atoms with E-state index >= 15 is 0 Å². The number of nitrogens with zero attached hydrogens (tertiary/aromatic N) is 1. The molecule has 0 saturated carbocycles. The molecule has 0 aliphatic carbocycles. The number of nitrogens with one attached hydrogen (secondary N) is 1. The summed E-state index contributed by atoms with van der Waals surface area (Å²) in [6, 6.07) is 3.58. The summed E-state index contributed by atoms with van der Waals surface area (Å²) in [6.45, 7) is 2.74. The molecule has 16 heavy (non-hydrogen) atoms. The highest BCUT2D eigenvalue weighted by Gasteiger charge is 2.40. The highest BCUT2D eigenvalue weighted by molar-refractivity contribution is 6.29. The van der Waals surface area contributed by atoms with Gasteiger partial charge in [0.15, 0.2) is 11.0 Å². The van der Waals surface area contributed by atoms with Gasteiger partial charge in [-0.1, -0.05) is 0 Å². The molecule has 2 saturated heterocycles. The number of furan rings is 1. The first-order valence-corrected chi connectivity index (χ1v) is 5.90. The van der Waals surface area contributed by atoms with Crippen molar-refractivity contribution >= 4 is 17.5 Å². The fraction of sp³-hybridized carbons (Fsp3) is 0.545. The van der Waals surface area contributed by atoms with Gasteiger partial charge in [0.1, 0.15) is 0 Å². The van der Waals surface area contributed by atoms with Crippen LogP contribution in [0, 0.1) is 5.92 Å². The van der Waals surface area contributed by atoms with Crippen LogP contribution in [0.2, 0.25) is 5.22 Å². The summed E-state index contributed by atoms with van der Waals surface area (Å²) in [5.41, 5.74) is 0. The molecule has 0 radical (unpaired) electrons. The Labute approximate surface area is 98.5 Å². The Hall–Kier alpha value is -1.00. The lowest BCUT2D eigenvalue weighted by Gasteiger charge is -2.22. The van der Waals surface area contributed by atoms with E-state index in [1.807, 2.05) is 4.90 Å². The Balaban J connectivity index is 1.80. The summed E-state index contributed by atoms with van der Waals surface area (Å²) in [5, 5.41) is 3.58. The SMILES string of the molecule is O=C(c1ccc(Cl)o1)N1CC[C@H]2CNC[C@H]21. The first-order chi connectivity index (χ1) is 7.75. The molecule has 0 aromatic carbocycles. The van der Waals surface area contributed by atoms with Crippen LogP contribution in [0.15, 0.2) is 16.5 Å². The van der Waals surface area contributed by atoms with Crippen LogP contribution in [-0.2, 0) is 0 Å². The number of halogens is 1. The van der Waals surface area contributed by atoms with E-state index in [4.69, 9.17) is 16.0 Å². The molecule has 1 N–H and O–H groups in total. The fourth-order valence-electron chi connectivity index (χ4n) is 2.67. The van der Waals surface area contributed by atoms with Crippen molar-refractivity contribution in [3.8, 4) is 0 Å². The van der Waals surface area contributed by atoms with Crippen LogP contribution in [0.4, 0.5) is 0 Å². The summed E-state index contributed by atoms with van der Waals surface area (Å²) >= 11 is 5.67. The van der Waals surface area contributed by atoms with Gasteiger partial charge in [-0.2, -0.15) is 0 Å². The number of hydrogen-bond donors (Lipinski definition) is 1. The zero-order valence-corrected chi connectivity index (χ0v) is 9.54. The van der Waals surface area contributed by atoms with Crippen molar-refractivity contribution in [2.75, 3.05) is 19.6 Å². The minimum Gasteiger partial charge on any atom is -0.440 e. The Morgan fingerprint density at radius 1 is 1.50 bits per heavy atom. The average Bonchev–Trinajstić information content (AvgIpc) is 2.90. The fourth-order valence-corrected chi connectivity index (χ4v) is 2.82. The second kappa shape index (κ2) is 3.79. The van der Waals surface area contributed by atoms with Crippen LogP contribution in [0.3, 0.4) is 0 Å². The van der Waals surface area contributed by atoms with Gasteiger partial charge in [0.25, 0.3) is 5.91 Å². The van der Waals surface area contributed by atoms with Gasteiger partial charge < -0.3 is 14.6 Å². The number of rotatable bonds is 1. The molecule has 1 amide bonds. The van der Waals surface area contributed by atoms with Crippen LogP contribution < -0.4 is 5.32 Å². The van der Waals surface area contributed by atoms with Crippen LogP contribution in [0.1, 0.15) is 17.0 Å². The molecule has 5 heteroatoms. The molecule has 0 spiro atoms. The zero-order chi connectivity index (χ0) is 11.1. The Morgan fingerprint density at radius 3 is 3.12 bits per heavy atom. The minimum absolute atomic E-state index is 0.0388. The quantitative estimate of drug-likeness (QED) is 0.807. The maximum absolute atomic E-state index is 12.1. The van der Waals surface area contributed by atoms with Crippen molar-refractivity contribution in [3.05, 3.63) is 23.1 Å². The van der Waals surface area contributed by atoms with Crippen molar-refractivity contribution in [3.63, 3.8) is 0 Å². The number of likely N-dealkylation sites (tertiary alicyclic amines) is 1. The minimum atomic E-state index is -0.0388. The third-order valence-corrected chi connectivity index (χ3v) is 3.69. The van der Waals surface area contributed by atoms with Gasteiger partial charge >= 0.3 is 0 Å². The number of hydrogen-bond acceptors (Lipinski definition) is 3. The molecule has 2 fully saturated rings. The van der Waals surface area contributed by atoms with Gasteiger partial charge in [0, 0.05) is 25.7 Å². The highest BCUT2D eigenvalue weighted by Crippen LogP contribution is 2.29. The third kappa shape index (κ3) is 1.53. The second-order valence-electron chi connectivity index (χ2n) is 4.38. The Morgan fingerprint density at radius 2 is 2.38 bits per heavy atom. The first kappa shape index (κ1) is 10.2. The van der Waals surface area contributed by atoms with Crippen LogP contribution in [0.25, 0.3) is 0 Å². The molecule has 0 unspecified atom stereocenters. The number of carbonyl (C=O) groups excluding carboxylic acids is 1. The Kier molecular flexibility index (Phi) is 2.41. The molecule has 86 valence electrons. The van der Waals surface area contributed by atoms with E-state index in [1.54, 1.807) is 12.1 Å². The summed E-state index contributed by atoms with van der Waals surface area (Å²) in [4.78, 5) is 14.1. The van der Waals surface area contributed by atoms with Gasteiger partial charge in [-0.3, -0.25) is 4.79 Å². The van der Waals surface area contributed by atoms with E-state index in [2.05, 4.69) is 5.32 Å². The van der Waals surface area contributed by atoms with Crippen LogP contribution >= 0.6 is 11.6 Å². The van der Waals surface area contributed by atoms with Gasteiger partial charge in [-0.05, 0) is 36.1 Å². The van der Waals surface area contributed by atoms with Crippen molar-refractivity contribution < 1.29 is 9.21 Å². The molecular formula is C11H13ClN2O2. The predicted octanol–water partition coefficient (Wildman–Crippen LogP) is 1.37. The second-order valence-corrected chi connectivity index (χ2v) is 4.75. The van der Waals surface area contributed by atoms with E-state index < -0.39 is 0 Å². The number of carbonyl (C=O) groups is 1. The number of amides is 1. The third-order valence-electron chi connectivity index (χ3n) is 3.49. The lowest BCUT2D eigenvalue weighted by atomic mass is 10.1. The van der Waals surface area contributed by atoms with Crippen molar-refractivity contribution in [1.82, 2.24) is 10.2 Å². The maximum atomic E-state index is 12.1. The molecule has 3 rings (SSSR count). The van der Waals surface area contributed by atoms with Crippen molar-refractivity contribution in [2.24, 2.45) is 5.92 Å². The van der Waals surface area contributed by atoms with Crippen LogP contribution in [-0.4, -0.2) is 36.5 Å². The van der Waals surface area contributed by atoms with E-state index in [0.29, 0.717) is 17.7 Å². The summed E-state index contributed by atoms with van der Waals surface area (Å²) in [7, 11) is 0. The summed E-state index contributed by atoms with van der Waals surface area (Å²) in [5.74, 6) is 0.912. The molecule has 3 heterocycles. The Bertz CT molecular complexity index is 418. The van der Waals surface area contributed by atoms with Gasteiger partial charge in [0.2, 0.25) is 0 Å².